The van der Waals surface area contributed by atoms with Crippen LogP contribution in [0.2, 0.25) is 0 Å². The van der Waals surface area contributed by atoms with Crippen LogP contribution in [0.5, 0.6) is 0 Å². The Morgan fingerprint density at radius 1 is 0.850 bits per heavy atom. The van der Waals surface area contributed by atoms with Crippen LogP contribution in [0.25, 0.3) is 5.69 Å². The van der Waals surface area contributed by atoms with Gasteiger partial charge in [0.15, 0.2) is 0 Å². The molecule has 0 saturated heterocycles. The Balaban J connectivity index is 1.17. The maximum atomic E-state index is 13.8. The highest BCUT2D eigenvalue weighted by Gasteiger charge is 2.54. The highest BCUT2D eigenvalue weighted by Crippen LogP contribution is 2.61. The Labute approximate surface area is 233 Å². The molecule has 4 bridgehead atoms. The summed E-state index contributed by atoms with van der Waals surface area (Å²) in [6.07, 6.45) is 12.0. The van der Waals surface area contributed by atoms with Crippen molar-refractivity contribution in [2.75, 3.05) is 10.0 Å². The molecule has 0 radical (unpaired) electrons. The quantitative estimate of drug-likeness (QED) is 0.325. The zero-order valence-electron chi connectivity index (χ0n) is 21.9. The number of sulfonamides is 1. The molecular formula is C30H30N6O3S. The Hall–Kier alpha value is -4.05. The Morgan fingerprint density at radius 3 is 2.10 bits per heavy atom. The lowest BCUT2D eigenvalue weighted by molar-refractivity contribution is -0.00765. The molecule has 2 heterocycles. The first kappa shape index (κ1) is 25.0. The van der Waals surface area contributed by atoms with Crippen LogP contribution in [-0.2, 0) is 15.4 Å². The van der Waals surface area contributed by atoms with Gasteiger partial charge in [-0.25, -0.2) is 27.8 Å². The second-order valence-electron chi connectivity index (χ2n) is 11.5. The Morgan fingerprint density at radius 2 is 1.48 bits per heavy atom. The average Bonchev–Trinajstić information content (AvgIpc) is 3.41. The van der Waals surface area contributed by atoms with Crippen LogP contribution < -0.4 is 10.0 Å². The maximum Gasteiger partial charge on any atom is 0.264 e. The molecule has 10 heteroatoms. The Kier molecular flexibility index (Phi) is 5.96. The lowest BCUT2D eigenvalue weighted by atomic mass is 9.48. The number of nitrogens with one attached hydrogen (secondary N) is 2. The van der Waals surface area contributed by atoms with Gasteiger partial charge in [0.2, 0.25) is 5.95 Å². The average molecular weight is 555 g/mol. The lowest BCUT2D eigenvalue weighted by Gasteiger charge is -2.56. The molecule has 40 heavy (non-hydrogen) atoms. The van der Waals surface area contributed by atoms with Gasteiger partial charge in [-0.2, -0.15) is 5.10 Å². The number of carbonyl (C=O) groups is 1. The first-order valence-corrected chi connectivity index (χ1v) is 15.2. The second kappa shape index (κ2) is 9.55. The molecule has 2 aromatic carbocycles. The number of carbonyl (C=O) groups excluding carboxylic acids is 1. The summed E-state index contributed by atoms with van der Waals surface area (Å²) in [6, 6.07) is 17.6. The highest BCUT2D eigenvalue weighted by molar-refractivity contribution is 7.92. The fourth-order valence-electron chi connectivity index (χ4n) is 7.49. The van der Waals surface area contributed by atoms with Gasteiger partial charge in [0.1, 0.15) is 0 Å². The van der Waals surface area contributed by atoms with Crippen molar-refractivity contribution in [1.29, 1.82) is 0 Å². The van der Waals surface area contributed by atoms with Crippen LogP contribution in [0.1, 0.15) is 54.6 Å². The maximum absolute atomic E-state index is 13.8. The molecule has 0 unspecified atom stereocenters. The molecule has 0 aliphatic heterocycles. The van der Waals surface area contributed by atoms with E-state index >= 15 is 0 Å². The number of aromatic nitrogens is 4. The molecule has 4 aliphatic carbocycles. The number of benzene rings is 2. The summed E-state index contributed by atoms with van der Waals surface area (Å²) in [5.74, 6) is 1.90. The number of nitrogens with zero attached hydrogens (tertiary/aromatic N) is 4. The summed E-state index contributed by atoms with van der Waals surface area (Å²) in [7, 11) is -3.87. The van der Waals surface area contributed by atoms with Crippen molar-refractivity contribution < 1.29 is 13.2 Å². The van der Waals surface area contributed by atoms with Gasteiger partial charge in [0.25, 0.3) is 15.9 Å². The van der Waals surface area contributed by atoms with Gasteiger partial charge in [-0.15, -0.1) is 0 Å². The first-order chi connectivity index (χ1) is 19.4. The molecule has 2 N–H and O–H groups in total. The number of hydrogen-bond acceptors (Lipinski definition) is 6. The van der Waals surface area contributed by atoms with Gasteiger partial charge in [-0.3, -0.25) is 4.79 Å². The van der Waals surface area contributed by atoms with Gasteiger partial charge in [-0.1, -0.05) is 18.2 Å². The van der Waals surface area contributed by atoms with Gasteiger partial charge < -0.3 is 5.32 Å². The number of amides is 1. The molecule has 4 fully saturated rings. The van der Waals surface area contributed by atoms with E-state index in [1.807, 2.05) is 41.2 Å². The van der Waals surface area contributed by atoms with E-state index in [0.29, 0.717) is 29.0 Å². The molecule has 0 spiro atoms. The van der Waals surface area contributed by atoms with Gasteiger partial charge >= 0.3 is 0 Å². The van der Waals surface area contributed by atoms with Crippen LogP contribution in [0.15, 0.2) is 84.1 Å². The number of anilines is 2. The summed E-state index contributed by atoms with van der Waals surface area (Å²) in [5, 5.41) is 8.07. The first-order valence-electron chi connectivity index (χ1n) is 13.7. The van der Waals surface area contributed by atoms with Crippen molar-refractivity contribution in [3.05, 3.63) is 90.5 Å². The van der Waals surface area contributed by atoms with E-state index in [1.54, 1.807) is 18.2 Å². The zero-order chi connectivity index (χ0) is 27.3. The van der Waals surface area contributed by atoms with Crippen LogP contribution in [0.3, 0.4) is 0 Å². The molecule has 9 nitrogen and oxygen atoms in total. The summed E-state index contributed by atoms with van der Waals surface area (Å²) in [5.41, 5.74) is 2.84. The van der Waals surface area contributed by atoms with Crippen molar-refractivity contribution in [2.45, 2.75) is 48.8 Å². The molecular weight excluding hydrogens is 524 g/mol. The molecule has 4 saturated carbocycles. The Bertz CT molecular complexity index is 1620. The largest absolute Gasteiger partial charge is 0.322 e. The van der Waals surface area contributed by atoms with Gasteiger partial charge in [0, 0.05) is 29.7 Å². The van der Waals surface area contributed by atoms with Crippen molar-refractivity contribution in [3.8, 4) is 5.69 Å². The third-order valence-corrected chi connectivity index (χ3v) is 10.1. The third kappa shape index (κ3) is 4.56. The van der Waals surface area contributed by atoms with Gasteiger partial charge in [0.05, 0.1) is 21.8 Å². The minimum Gasteiger partial charge on any atom is -0.322 e. The topological polar surface area (TPSA) is 119 Å². The molecule has 204 valence electrons. The predicted molar refractivity (Wildman–Crippen MR) is 151 cm³/mol. The predicted octanol–water partition coefficient (Wildman–Crippen LogP) is 5.18. The second-order valence-corrected chi connectivity index (χ2v) is 13.2. The molecule has 4 aliphatic rings. The lowest BCUT2D eigenvalue weighted by Crippen LogP contribution is -2.49. The summed E-state index contributed by atoms with van der Waals surface area (Å²) >= 11 is 0. The number of para-hydroxylation sites is 1. The van der Waals surface area contributed by atoms with Crippen molar-refractivity contribution >= 4 is 27.6 Å². The van der Waals surface area contributed by atoms with E-state index in [1.165, 1.54) is 43.8 Å². The fraction of sp³-hybridized carbons (Fsp3) is 0.333. The van der Waals surface area contributed by atoms with Crippen LogP contribution >= 0.6 is 0 Å². The SMILES string of the molecule is O=C(Nc1ccc(S(=O)(=O)Nc2ncccn2)cc1)c1cn(-c2ccccc2)nc1C12CC3CC(CC(C3)C1)C2. The molecule has 2 aromatic heterocycles. The number of rotatable bonds is 7. The van der Waals surface area contributed by atoms with E-state index in [2.05, 4.69) is 20.0 Å². The van der Waals surface area contributed by atoms with E-state index in [4.69, 9.17) is 5.10 Å². The molecule has 8 rings (SSSR count). The summed E-state index contributed by atoms with van der Waals surface area (Å²) < 4.78 is 29.7. The van der Waals surface area contributed by atoms with E-state index < -0.39 is 10.0 Å². The van der Waals surface area contributed by atoms with E-state index in [0.717, 1.165) is 30.6 Å². The smallest absolute Gasteiger partial charge is 0.264 e. The van der Waals surface area contributed by atoms with Gasteiger partial charge in [-0.05, 0) is 98.7 Å². The molecule has 4 aromatic rings. The molecule has 1 amide bonds. The van der Waals surface area contributed by atoms with E-state index in [-0.39, 0.29) is 22.2 Å². The summed E-state index contributed by atoms with van der Waals surface area (Å²) in [4.78, 5) is 21.7. The van der Waals surface area contributed by atoms with Crippen LogP contribution in [0.4, 0.5) is 11.6 Å². The zero-order valence-corrected chi connectivity index (χ0v) is 22.7. The minimum atomic E-state index is -3.87. The highest BCUT2D eigenvalue weighted by atomic mass is 32.2. The minimum absolute atomic E-state index is 0.00693. The number of hydrogen-bond donors (Lipinski definition) is 2. The summed E-state index contributed by atoms with van der Waals surface area (Å²) in [6.45, 7) is 0. The van der Waals surface area contributed by atoms with Crippen molar-refractivity contribution in [1.82, 2.24) is 19.7 Å². The normalized spacial score (nSPS) is 25.1. The standard InChI is InChI=1S/C30H30N6O3S/c37-28(33-23-7-9-25(10-8-23)40(38,39)35-29-31-11-4-12-32-29)26-19-36(24-5-2-1-3-6-24)34-27(26)30-16-20-13-21(17-30)15-22(14-20)18-30/h1-12,19-22H,13-18H2,(H,33,37)(H,31,32,35). The monoisotopic (exact) mass is 554 g/mol. The third-order valence-electron chi connectivity index (χ3n) is 8.73. The fourth-order valence-corrected chi connectivity index (χ4v) is 8.45. The van der Waals surface area contributed by atoms with Crippen molar-refractivity contribution in [2.24, 2.45) is 17.8 Å². The van der Waals surface area contributed by atoms with Crippen LogP contribution in [0, 0.1) is 17.8 Å². The van der Waals surface area contributed by atoms with Crippen LogP contribution in [-0.4, -0.2) is 34.1 Å². The van der Waals surface area contributed by atoms with Crippen molar-refractivity contribution in [3.63, 3.8) is 0 Å². The molecule has 0 atom stereocenters. The van der Waals surface area contributed by atoms with E-state index in [9.17, 15) is 13.2 Å².